The van der Waals surface area contributed by atoms with Crippen LogP contribution >= 0.6 is 0 Å². The molecule has 37 heavy (non-hydrogen) atoms. The summed E-state index contributed by atoms with van der Waals surface area (Å²) in [7, 11) is -3.86. The Morgan fingerprint density at radius 3 is 2.51 bits per heavy atom. The second kappa shape index (κ2) is 10.2. The molecule has 2 saturated heterocycles. The van der Waals surface area contributed by atoms with Gasteiger partial charge in [0.05, 0.1) is 17.3 Å². The van der Waals surface area contributed by atoms with Gasteiger partial charge in [0.1, 0.15) is 11.4 Å². The highest BCUT2D eigenvalue weighted by atomic mass is 32.2. The Morgan fingerprint density at radius 1 is 1.03 bits per heavy atom. The summed E-state index contributed by atoms with van der Waals surface area (Å²) in [4.78, 5) is 30.2. The number of aryl methyl sites for hydroxylation is 1. The standard InChI is InChI=1S/C27H37N5O4S/c1-19-10-14-29(15-11-19)27(34)23-8-6-13-30(17-23)37(35,36)26-20(2)28-32(21(26)3)18-25(33)31-16-12-22-7-4-5-9-24(22)31/h4-5,7,9,19,23H,6,8,10-18H2,1-3H3/t23-/m1/s1. The van der Waals surface area contributed by atoms with E-state index in [1.54, 1.807) is 18.7 Å². The summed E-state index contributed by atoms with van der Waals surface area (Å²) in [6.45, 7) is 8.27. The number of likely N-dealkylation sites (tertiary alicyclic amines) is 1. The number of amides is 2. The smallest absolute Gasteiger partial charge is 0.248 e. The van der Waals surface area contributed by atoms with E-state index < -0.39 is 10.0 Å². The number of carbonyl (C=O) groups is 2. The maximum atomic E-state index is 13.8. The number of para-hydroxylation sites is 1. The first-order valence-electron chi connectivity index (χ1n) is 13.4. The molecule has 2 amide bonds. The molecule has 10 heteroatoms. The lowest BCUT2D eigenvalue weighted by Gasteiger charge is -2.36. The first-order chi connectivity index (χ1) is 17.7. The molecular weight excluding hydrogens is 490 g/mol. The Kier molecular flexibility index (Phi) is 7.15. The Balaban J connectivity index is 1.31. The van der Waals surface area contributed by atoms with E-state index in [1.165, 1.54) is 8.99 Å². The third-order valence-electron chi connectivity index (χ3n) is 8.21. The summed E-state index contributed by atoms with van der Waals surface area (Å²) >= 11 is 0. The van der Waals surface area contributed by atoms with Crippen molar-refractivity contribution in [2.24, 2.45) is 11.8 Å². The molecule has 0 saturated carbocycles. The molecule has 0 N–H and O–H groups in total. The van der Waals surface area contributed by atoms with Crippen molar-refractivity contribution >= 4 is 27.5 Å². The van der Waals surface area contributed by atoms with E-state index >= 15 is 0 Å². The summed E-state index contributed by atoms with van der Waals surface area (Å²) in [5, 5.41) is 4.46. The minimum Gasteiger partial charge on any atom is -0.342 e. The van der Waals surface area contributed by atoms with Gasteiger partial charge in [0.25, 0.3) is 0 Å². The zero-order valence-electron chi connectivity index (χ0n) is 22.0. The van der Waals surface area contributed by atoms with E-state index in [0.717, 1.165) is 43.6 Å². The number of rotatable bonds is 5. The van der Waals surface area contributed by atoms with Crippen molar-refractivity contribution in [3.63, 3.8) is 0 Å². The maximum Gasteiger partial charge on any atom is 0.248 e. The lowest BCUT2D eigenvalue weighted by Crippen LogP contribution is -2.48. The van der Waals surface area contributed by atoms with Crippen LogP contribution in [0.3, 0.4) is 0 Å². The molecule has 2 fully saturated rings. The summed E-state index contributed by atoms with van der Waals surface area (Å²) in [6, 6.07) is 7.85. The van der Waals surface area contributed by atoms with Gasteiger partial charge >= 0.3 is 0 Å². The van der Waals surface area contributed by atoms with Crippen molar-refractivity contribution in [1.29, 1.82) is 0 Å². The summed E-state index contributed by atoms with van der Waals surface area (Å²) < 4.78 is 30.5. The molecule has 2 aromatic rings. The maximum absolute atomic E-state index is 13.8. The van der Waals surface area contributed by atoms with Gasteiger partial charge in [-0.2, -0.15) is 9.40 Å². The molecule has 200 valence electrons. The van der Waals surface area contributed by atoms with E-state index in [0.29, 0.717) is 43.2 Å². The van der Waals surface area contributed by atoms with Gasteiger partial charge in [0.15, 0.2) is 0 Å². The number of hydrogen-bond acceptors (Lipinski definition) is 5. The number of fused-ring (bicyclic) bond motifs is 1. The van der Waals surface area contributed by atoms with Crippen LogP contribution in [0.4, 0.5) is 5.69 Å². The molecular formula is C27H37N5O4S. The van der Waals surface area contributed by atoms with Crippen LogP contribution in [-0.4, -0.2) is 71.9 Å². The van der Waals surface area contributed by atoms with Crippen LogP contribution in [0.2, 0.25) is 0 Å². The molecule has 1 atom stereocenters. The molecule has 0 unspecified atom stereocenters. The number of nitrogens with zero attached hydrogens (tertiary/aromatic N) is 5. The molecule has 3 aliphatic rings. The number of aromatic nitrogens is 2. The number of piperidine rings is 2. The minimum absolute atomic E-state index is 0.0228. The fourth-order valence-electron chi connectivity index (χ4n) is 6.00. The summed E-state index contributed by atoms with van der Waals surface area (Å²) in [5.74, 6) is 0.276. The van der Waals surface area contributed by atoms with Gasteiger partial charge < -0.3 is 9.80 Å². The van der Waals surface area contributed by atoms with Gasteiger partial charge in [0.2, 0.25) is 21.8 Å². The van der Waals surface area contributed by atoms with Gasteiger partial charge in [0, 0.05) is 38.4 Å². The van der Waals surface area contributed by atoms with Crippen molar-refractivity contribution in [1.82, 2.24) is 19.0 Å². The van der Waals surface area contributed by atoms with Crippen molar-refractivity contribution in [3.8, 4) is 0 Å². The van der Waals surface area contributed by atoms with Crippen LogP contribution in [0.5, 0.6) is 0 Å². The van der Waals surface area contributed by atoms with E-state index in [2.05, 4.69) is 12.0 Å². The Labute approximate surface area is 219 Å². The van der Waals surface area contributed by atoms with E-state index in [1.807, 2.05) is 29.2 Å². The largest absolute Gasteiger partial charge is 0.342 e. The third-order valence-corrected chi connectivity index (χ3v) is 10.3. The second-order valence-electron chi connectivity index (χ2n) is 10.8. The second-order valence-corrected chi connectivity index (χ2v) is 12.7. The number of carbonyl (C=O) groups excluding carboxylic acids is 2. The van der Waals surface area contributed by atoms with Crippen molar-refractivity contribution in [2.75, 3.05) is 37.6 Å². The van der Waals surface area contributed by atoms with Crippen LogP contribution in [-0.2, 0) is 32.6 Å². The summed E-state index contributed by atoms with van der Waals surface area (Å²) in [5.41, 5.74) is 2.89. The van der Waals surface area contributed by atoms with E-state index in [4.69, 9.17) is 0 Å². The molecule has 0 radical (unpaired) electrons. The minimum atomic E-state index is -3.86. The average Bonchev–Trinajstić information content (AvgIpc) is 3.44. The number of sulfonamides is 1. The molecule has 5 rings (SSSR count). The van der Waals surface area contributed by atoms with Gasteiger partial charge in [-0.3, -0.25) is 14.3 Å². The predicted molar refractivity (Wildman–Crippen MR) is 141 cm³/mol. The number of benzene rings is 1. The highest BCUT2D eigenvalue weighted by Crippen LogP contribution is 2.31. The fourth-order valence-corrected chi connectivity index (χ4v) is 7.89. The quantitative estimate of drug-likeness (QED) is 0.596. The lowest BCUT2D eigenvalue weighted by atomic mass is 9.94. The van der Waals surface area contributed by atoms with Crippen molar-refractivity contribution in [3.05, 3.63) is 41.2 Å². The van der Waals surface area contributed by atoms with Crippen LogP contribution in [0.15, 0.2) is 29.2 Å². The monoisotopic (exact) mass is 527 g/mol. The Morgan fingerprint density at radius 2 is 1.76 bits per heavy atom. The normalized spacial score (nSPS) is 21.3. The Bertz CT molecular complexity index is 1300. The SMILES string of the molecule is Cc1nn(CC(=O)N2CCc3ccccc32)c(C)c1S(=O)(=O)N1CCC[C@@H](C(=O)N2CCC(C)CC2)C1. The van der Waals surface area contributed by atoms with Gasteiger partial charge in [-0.1, -0.05) is 25.1 Å². The van der Waals surface area contributed by atoms with Gasteiger partial charge in [-0.05, 0) is 63.5 Å². The molecule has 0 spiro atoms. The van der Waals surface area contributed by atoms with Gasteiger partial charge in [-0.15, -0.1) is 0 Å². The highest BCUT2D eigenvalue weighted by Gasteiger charge is 2.38. The first-order valence-corrected chi connectivity index (χ1v) is 14.8. The highest BCUT2D eigenvalue weighted by molar-refractivity contribution is 7.89. The molecule has 4 heterocycles. The molecule has 1 aromatic heterocycles. The molecule has 0 aliphatic carbocycles. The van der Waals surface area contributed by atoms with E-state index in [-0.39, 0.29) is 35.7 Å². The number of hydrogen-bond donors (Lipinski definition) is 0. The van der Waals surface area contributed by atoms with Crippen LogP contribution in [0, 0.1) is 25.7 Å². The number of anilines is 1. The molecule has 1 aromatic carbocycles. The first kappa shape index (κ1) is 25.9. The molecule has 3 aliphatic heterocycles. The Hall–Kier alpha value is -2.72. The average molecular weight is 528 g/mol. The zero-order valence-corrected chi connectivity index (χ0v) is 22.8. The third kappa shape index (κ3) is 4.93. The predicted octanol–water partition coefficient (Wildman–Crippen LogP) is 2.75. The van der Waals surface area contributed by atoms with Gasteiger partial charge in [-0.25, -0.2) is 8.42 Å². The van der Waals surface area contributed by atoms with Crippen molar-refractivity contribution in [2.45, 2.75) is 64.3 Å². The zero-order chi connectivity index (χ0) is 26.3. The van der Waals surface area contributed by atoms with E-state index in [9.17, 15) is 18.0 Å². The topological polar surface area (TPSA) is 95.8 Å². The van der Waals surface area contributed by atoms with Crippen LogP contribution in [0.25, 0.3) is 0 Å². The fraction of sp³-hybridized carbons (Fsp3) is 0.593. The van der Waals surface area contributed by atoms with Crippen LogP contribution in [0.1, 0.15) is 49.6 Å². The lowest BCUT2D eigenvalue weighted by molar-refractivity contribution is -0.138. The molecule has 9 nitrogen and oxygen atoms in total. The molecule has 0 bridgehead atoms. The summed E-state index contributed by atoms with van der Waals surface area (Å²) in [6.07, 6.45) is 4.17. The van der Waals surface area contributed by atoms with Crippen molar-refractivity contribution < 1.29 is 18.0 Å². The van der Waals surface area contributed by atoms with Crippen LogP contribution < -0.4 is 4.90 Å².